The minimum Gasteiger partial charge on any atom is -0.459 e. The molecule has 1 aliphatic rings. The van der Waals surface area contributed by atoms with Crippen molar-refractivity contribution in [2.75, 3.05) is 5.73 Å². The summed E-state index contributed by atoms with van der Waals surface area (Å²) in [4.78, 5) is 16.4. The number of hydrogen-bond acceptors (Lipinski definition) is 5. The van der Waals surface area contributed by atoms with E-state index in [1.807, 2.05) is 12.1 Å². The number of thiazole rings is 1. The van der Waals surface area contributed by atoms with Gasteiger partial charge in [0.25, 0.3) is 0 Å². The van der Waals surface area contributed by atoms with Crippen LogP contribution in [-0.4, -0.2) is 17.1 Å². The van der Waals surface area contributed by atoms with Gasteiger partial charge in [-0.15, -0.1) is 0 Å². The fraction of sp³-hybridized carbons (Fsp3) is 0.467. The molecule has 4 nitrogen and oxygen atoms in total. The lowest BCUT2D eigenvalue weighted by Crippen LogP contribution is -2.23. The van der Waals surface area contributed by atoms with E-state index in [1.54, 1.807) is 6.07 Å². The summed E-state index contributed by atoms with van der Waals surface area (Å²) in [6.45, 7) is 2.25. The van der Waals surface area contributed by atoms with Crippen LogP contribution in [-0.2, 0) is 4.74 Å². The molecule has 1 aliphatic carbocycles. The highest BCUT2D eigenvalue weighted by Crippen LogP contribution is 2.28. The summed E-state index contributed by atoms with van der Waals surface area (Å²) in [5.74, 6) is 0.514. The normalized spacial score (nSPS) is 22.9. The van der Waals surface area contributed by atoms with Gasteiger partial charge in [-0.25, -0.2) is 9.78 Å². The van der Waals surface area contributed by atoms with Gasteiger partial charge in [-0.1, -0.05) is 18.3 Å². The van der Waals surface area contributed by atoms with Crippen LogP contribution in [0.25, 0.3) is 10.2 Å². The van der Waals surface area contributed by atoms with Crippen molar-refractivity contribution >= 4 is 32.7 Å². The molecule has 0 spiro atoms. The van der Waals surface area contributed by atoms with Crippen LogP contribution >= 0.6 is 11.3 Å². The number of nitrogens with zero attached hydrogens (tertiary/aromatic N) is 1. The molecule has 1 fully saturated rings. The fourth-order valence-electron chi connectivity index (χ4n) is 2.64. The van der Waals surface area contributed by atoms with E-state index in [0.717, 1.165) is 41.8 Å². The molecule has 0 aliphatic heterocycles. The molecule has 1 heterocycles. The summed E-state index contributed by atoms with van der Waals surface area (Å²) in [5, 5.41) is 0.520. The average Bonchev–Trinajstić information content (AvgIpc) is 2.80. The van der Waals surface area contributed by atoms with Gasteiger partial charge in [-0.05, 0) is 49.8 Å². The smallest absolute Gasteiger partial charge is 0.338 e. The summed E-state index contributed by atoms with van der Waals surface area (Å²) in [5.41, 5.74) is 7.08. The highest BCUT2D eigenvalue weighted by molar-refractivity contribution is 7.22. The maximum atomic E-state index is 12.2. The molecule has 20 heavy (non-hydrogen) atoms. The topological polar surface area (TPSA) is 65.2 Å². The summed E-state index contributed by atoms with van der Waals surface area (Å²) in [6, 6.07) is 5.40. The quantitative estimate of drug-likeness (QED) is 0.858. The van der Waals surface area contributed by atoms with Crippen LogP contribution in [0.5, 0.6) is 0 Å². The van der Waals surface area contributed by atoms with Gasteiger partial charge in [-0.2, -0.15) is 0 Å². The van der Waals surface area contributed by atoms with Crippen molar-refractivity contribution < 1.29 is 9.53 Å². The van der Waals surface area contributed by atoms with Crippen LogP contribution in [0, 0.1) is 5.92 Å². The lowest BCUT2D eigenvalue weighted by atomic mass is 9.89. The van der Waals surface area contributed by atoms with Gasteiger partial charge in [0.1, 0.15) is 6.10 Å². The summed E-state index contributed by atoms with van der Waals surface area (Å²) in [7, 11) is 0. The van der Waals surface area contributed by atoms with E-state index in [0.29, 0.717) is 10.7 Å². The largest absolute Gasteiger partial charge is 0.459 e. The van der Waals surface area contributed by atoms with Gasteiger partial charge in [0, 0.05) is 0 Å². The number of carbonyl (C=O) groups excluding carboxylic acids is 1. The van der Waals surface area contributed by atoms with Gasteiger partial charge in [0.15, 0.2) is 5.13 Å². The van der Waals surface area contributed by atoms with E-state index in [1.165, 1.54) is 11.3 Å². The monoisotopic (exact) mass is 290 g/mol. The van der Waals surface area contributed by atoms with E-state index in [-0.39, 0.29) is 12.1 Å². The number of benzene rings is 1. The second-order valence-electron chi connectivity index (χ2n) is 5.52. The first-order valence-corrected chi connectivity index (χ1v) is 7.80. The van der Waals surface area contributed by atoms with Crippen molar-refractivity contribution in [3.8, 4) is 0 Å². The number of nitrogens with two attached hydrogens (primary N) is 1. The van der Waals surface area contributed by atoms with E-state index >= 15 is 0 Å². The highest BCUT2D eigenvalue weighted by Gasteiger charge is 2.22. The number of ether oxygens (including phenoxy) is 1. The van der Waals surface area contributed by atoms with Crippen molar-refractivity contribution in [1.82, 2.24) is 4.98 Å². The van der Waals surface area contributed by atoms with Crippen LogP contribution in [0.4, 0.5) is 5.13 Å². The van der Waals surface area contributed by atoms with Gasteiger partial charge >= 0.3 is 5.97 Å². The van der Waals surface area contributed by atoms with Crippen LogP contribution in [0.1, 0.15) is 43.0 Å². The maximum Gasteiger partial charge on any atom is 0.338 e. The SMILES string of the molecule is CC1CCC(OC(=O)c2ccc3nc(N)sc3c2)CC1. The molecule has 0 unspecified atom stereocenters. The van der Waals surface area contributed by atoms with Crippen molar-refractivity contribution in [3.05, 3.63) is 23.8 Å². The first-order valence-electron chi connectivity index (χ1n) is 6.99. The molecule has 1 aromatic heterocycles. The number of hydrogen-bond donors (Lipinski definition) is 1. The standard InChI is InChI=1S/C15H18N2O2S/c1-9-2-5-11(6-3-9)19-14(18)10-4-7-12-13(8-10)20-15(16)17-12/h4,7-9,11H,2-3,5-6H2,1H3,(H2,16,17). The minimum absolute atomic E-state index is 0.0703. The van der Waals surface area contributed by atoms with E-state index in [2.05, 4.69) is 11.9 Å². The molecular weight excluding hydrogens is 272 g/mol. The first-order chi connectivity index (χ1) is 9.61. The van der Waals surface area contributed by atoms with Gasteiger partial charge in [0.2, 0.25) is 0 Å². The van der Waals surface area contributed by atoms with Crippen LogP contribution < -0.4 is 5.73 Å². The number of aromatic nitrogens is 1. The van der Waals surface area contributed by atoms with Gasteiger partial charge in [-0.3, -0.25) is 0 Å². The third-order valence-corrected chi connectivity index (χ3v) is 4.72. The Labute approximate surface area is 122 Å². The third-order valence-electron chi connectivity index (χ3n) is 3.88. The molecule has 2 aromatic rings. The maximum absolute atomic E-state index is 12.2. The molecular formula is C15H18N2O2S. The van der Waals surface area contributed by atoms with Crippen LogP contribution in [0.2, 0.25) is 0 Å². The minimum atomic E-state index is -0.238. The number of carbonyl (C=O) groups is 1. The first kappa shape index (κ1) is 13.4. The molecule has 5 heteroatoms. The molecule has 0 bridgehead atoms. The summed E-state index contributed by atoms with van der Waals surface area (Å²) < 4.78 is 6.52. The predicted molar refractivity (Wildman–Crippen MR) is 80.9 cm³/mol. The van der Waals surface area contributed by atoms with Crippen molar-refractivity contribution in [2.24, 2.45) is 5.92 Å². The molecule has 106 valence electrons. The fourth-order valence-corrected chi connectivity index (χ4v) is 3.41. The van der Waals surface area contributed by atoms with Crippen LogP contribution in [0.15, 0.2) is 18.2 Å². The molecule has 1 saturated carbocycles. The number of anilines is 1. The lowest BCUT2D eigenvalue weighted by molar-refractivity contribution is 0.0174. The van der Waals surface area contributed by atoms with Gasteiger partial charge in [0.05, 0.1) is 15.8 Å². The van der Waals surface area contributed by atoms with Crippen LogP contribution in [0.3, 0.4) is 0 Å². The Morgan fingerprint density at radius 2 is 2.10 bits per heavy atom. The molecule has 0 amide bonds. The highest BCUT2D eigenvalue weighted by atomic mass is 32.1. The number of nitrogen functional groups attached to an aromatic ring is 1. The van der Waals surface area contributed by atoms with Crippen molar-refractivity contribution in [1.29, 1.82) is 0 Å². The Balaban J connectivity index is 1.71. The Morgan fingerprint density at radius 3 is 2.85 bits per heavy atom. The molecule has 0 saturated heterocycles. The van der Waals surface area contributed by atoms with Crippen molar-refractivity contribution in [3.63, 3.8) is 0 Å². The predicted octanol–water partition coefficient (Wildman–Crippen LogP) is 3.61. The molecule has 1 aromatic carbocycles. The molecule has 0 radical (unpaired) electrons. The molecule has 3 rings (SSSR count). The average molecular weight is 290 g/mol. The van der Waals surface area contributed by atoms with E-state index < -0.39 is 0 Å². The Morgan fingerprint density at radius 1 is 1.35 bits per heavy atom. The number of rotatable bonds is 2. The Bertz CT molecular complexity index is 630. The van der Waals surface area contributed by atoms with Crippen molar-refractivity contribution in [2.45, 2.75) is 38.7 Å². The third kappa shape index (κ3) is 2.77. The summed E-state index contributed by atoms with van der Waals surface area (Å²) in [6.07, 6.45) is 4.30. The second kappa shape index (κ2) is 5.40. The Kier molecular flexibility index (Phi) is 3.61. The van der Waals surface area contributed by atoms with E-state index in [9.17, 15) is 4.79 Å². The lowest BCUT2D eigenvalue weighted by Gasteiger charge is -2.25. The van der Waals surface area contributed by atoms with Gasteiger partial charge < -0.3 is 10.5 Å². The zero-order valence-electron chi connectivity index (χ0n) is 11.5. The molecule has 0 atom stereocenters. The molecule has 2 N–H and O–H groups in total. The summed E-state index contributed by atoms with van der Waals surface area (Å²) >= 11 is 1.39. The number of fused-ring (bicyclic) bond motifs is 1. The number of esters is 1. The second-order valence-corrected chi connectivity index (χ2v) is 6.58. The zero-order chi connectivity index (χ0) is 14.1. The Hall–Kier alpha value is -1.62. The van der Waals surface area contributed by atoms with E-state index in [4.69, 9.17) is 10.5 Å². The zero-order valence-corrected chi connectivity index (χ0v) is 12.3.